The largest absolute Gasteiger partial charge is 0.481 e. The number of carbonyl (C=O) groups excluding carboxylic acids is 1. The molecule has 5 nitrogen and oxygen atoms in total. The van der Waals surface area contributed by atoms with Crippen LogP contribution in [0.5, 0.6) is 5.75 Å². The van der Waals surface area contributed by atoms with E-state index in [1.54, 1.807) is 31.3 Å². The zero-order valence-electron chi connectivity index (χ0n) is 18.1. The number of piperidine rings is 1. The molecule has 0 saturated carbocycles. The van der Waals surface area contributed by atoms with Crippen LogP contribution in [0.25, 0.3) is 22.0 Å². The van der Waals surface area contributed by atoms with E-state index in [0.717, 1.165) is 50.1 Å². The molecule has 0 bridgehead atoms. The summed E-state index contributed by atoms with van der Waals surface area (Å²) in [4.78, 5) is 19.2. The average Bonchev–Trinajstić information content (AvgIpc) is 2.77. The molecule has 3 aromatic rings. The van der Waals surface area contributed by atoms with Crippen LogP contribution >= 0.6 is 23.2 Å². The maximum Gasteiger partial charge on any atom is 0.263 e. The maximum atomic E-state index is 13.6. The molecule has 1 amide bonds. The highest BCUT2D eigenvalue weighted by molar-refractivity contribution is 6.39. The molecule has 8 heteroatoms. The highest BCUT2D eigenvalue weighted by Crippen LogP contribution is 2.40. The molecule has 1 spiro atoms. The summed E-state index contributed by atoms with van der Waals surface area (Å²) in [5, 5.41) is 1.25. The van der Waals surface area contributed by atoms with Crippen LogP contribution in [0.15, 0.2) is 42.6 Å². The molecule has 5 rings (SSSR count). The summed E-state index contributed by atoms with van der Waals surface area (Å²) in [6.07, 6.45) is 2.98. The van der Waals surface area contributed by atoms with Gasteiger partial charge in [-0.2, -0.15) is 0 Å². The Hall–Kier alpha value is -2.41. The summed E-state index contributed by atoms with van der Waals surface area (Å²) in [6, 6.07) is 9.68. The Morgan fingerprint density at radius 1 is 1.15 bits per heavy atom. The molecule has 2 aliphatic rings. The highest BCUT2D eigenvalue weighted by atomic mass is 35.5. The molecular weight excluding hydrogens is 466 g/mol. The van der Waals surface area contributed by atoms with Crippen LogP contribution in [0.2, 0.25) is 10.0 Å². The van der Waals surface area contributed by atoms with Crippen LogP contribution in [0.3, 0.4) is 0 Å². The lowest BCUT2D eigenvalue weighted by atomic mass is 9.77. The fourth-order valence-corrected chi connectivity index (χ4v) is 5.28. The lowest BCUT2D eigenvalue weighted by molar-refractivity contribution is -0.157. The number of benzene rings is 2. The van der Waals surface area contributed by atoms with Crippen molar-refractivity contribution >= 4 is 40.0 Å². The van der Waals surface area contributed by atoms with Gasteiger partial charge in [0.25, 0.3) is 5.91 Å². The van der Waals surface area contributed by atoms with Gasteiger partial charge in [0.15, 0.2) is 6.10 Å². The Kier molecular flexibility index (Phi) is 5.93. The lowest BCUT2D eigenvalue weighted by Crippen LogP contribution is -2.53. The van der Waals surface area contributed by atoms with Crippen LogP contribution in [0.4, 0.5) is 4.39 Å². The van der Waals surface area contributed by atoms with Crippen LogP contribution in [0.1, 0.15) is 19.8 Å². The molecular formula is C25H23Cl2FN2O3. The highest BCUT2D eigenvalue weighted by Gasteiger charge is 2.42. The zero-order valence-corrected chi connectivity index (χ0v) is 19.6. The smallest absolute Gasteiger partial charge is 0.263 e. The molecule has 0 radical (unpaired) electrons. The summed E-state index contributed by atoms with van der Waals surface area (Å²) >= 11 is 12.6. The first-order chi connectivity index (χ1) is 15.8. The van der Waals surface area contributed by atoms with Crippen molar-refractivity contribution in [3.8, 4) is 16.9 Å². The monoisotopic (exact) mass is 488 g/mol. The summed E-state index contributed by atoms with van der Waals surface area (Å²) in [5.41, 5.74) is 2.22. The van der Waals surface area contributed by atoms with Crippen LogP contribution in [-0.4, -0.2) is 48.2 Å². The number of halogens is 3. The summed E-state index contributed by atoms with van der Waals surface area (Å²) in [7, 11) is 0. The third kappa shape index (κ3) is 4.27. The Bertz CT molecular complexity index is 1200. The molecule has 33 heavy (non-hydrogen) atoms. The van der Waals surface area contributed by atoms with E-state index in [0.29, 0.717) is 16.8 Å². The lowest BCUT2D eigenvalue weighted by Gasteiger charge is -2.47. The van der Waals surface area contributed by atoms with Gasteiger partial charge in [-0.05, 0) is 55.7 Å². The van der Waals surface area contributed by atoms with Gasteiger partial charge in [0.2, 0.25) is 0 Å². The number of hydrogen-bond acceptors (Lipinski definition) is 4. The van der Waals surface area contributed by atoms with Crippen LogP contribution < -0.4 is 4.74 Å². The molecule has 0 N–H and O–H groups in total. The summed E-state index contributed by atoms with van der Waals surface area (Å²) in [5.74, 6) is 0.0355. The van der Waals surface area contributed by atoms with Gasteiger partial charge < -0.3 is 14.4 Å². The molecule has 2 saturated heterocycles. The number of hydrogen-bond donors (Lipinski definition) is 0. The second-order valence-corrected chi connectivity index (χ2v) is 9.67. The number of pyridine rings is 1. The first-order valence-corrected chi connectivity index (χ1v) is 11.7. The molecule has 1 unspecified atom stereocenters. The molecule has 2 aliphatic heterocycles. The molecule has 1 aromatic heterocycles. The third-order valence-electron chi connectivity index (χ3n) is 6.60. The van der Waals surface area contributed by atoms with Gasteiger partial charge in [-0.15, -0.1) is 0 Å². The van der Waals surface area contributed by atoms with E-state index in [2.05, 4.69) is 4.98 Å². The van der Waals surface area contributed by atoms with Gasteiger partial charge in [0.05, 0.1) is 28.8 Å². The normalized spacial score (nSPS) is 18.2. The second kappa shape index (κ2) is 8.75. The van der Waals surface area contributed by atoms with Gasteiger partial charge in [-0.3, -0.25) is 9.78 Å². The fraction of sp³-hybridized carbons (Fsp3) is 0.360. The van der Waals surface area contributed by atoms with E-state index in [1.165, 1.54) is 12.1 Å². The van der Waals surface area contributed by atoms with Crippen LogP contribution in [-0.2, 0) is 9.53 Å². The van der Waals surface area contributed by atoms with E-state index in [4.69, 9.17) is 32.7 Å². The number of amides is 1. The van der Waals surface area contributed by atoms with Crippen molar-refractivity contribution in [2.45, 2.75) is 25.9 Å². The first kappa shape index (κ1) is 22.4. The number of likely N-dealkylation sites (tertiary alicyclic amines) is 1. The van der Waals surface area contributed by atoms with Gasteiger partial charge >= 0.3 is 0 Å². The third-order valence-corrected chi connectivity index (χ3v) is 7.20. The Morgan fingerprint density at radius 3 is 2.48 bits per heavy atom. The van der Waals surface area contributed by atoms with Gasteiger partial charge in [0, 0.05) is 41.7 Å². The Labute approximate surface area is 201 Å². The van der Waals surface area contributed by atoms with Crippen molar-refractivity contribution in [1.29, 1.82) is 0 Å². The Morgan fingerprint density at radius 2 is 1.85 bits per heavy atom. The van der Waals surface area contributed by atoms with Gasteiger partial charge in [-0.25, -0.2) is 4.39 Å². The van der Waals surface area contributed by atoms with Gasteiger partial charge in [0.1, 0.15) is 11.6 Å². The SMILES string of the molecule is CC(Oc1ccc2c(-c3c(Cl)cc(F)cc3Cl)ccnc2c1)C(=O)N1CCC2(CC1)COC2. The average molecular weight is 489 g/mol. The molecule has 172 valence electrons. The van der Waals surface area contributed by atoms with Crippen LogP contribution in [0, 0.1) is 11.2 Å². The number of aromatic nitrogens is 1. The zero-order chi connectivity index (χ0) is 23.2. The van der Waals surface area contributed by atoms with E-state index in [9.17, 15) is 9.18 Å². The molecule has 2 fully saturated rings. The van der Waals surface area contributed by atoms with E-state index < -0.39 is 11.9 Å². The standard InChI is InChI=1S/C25H23Cl2FN2O3/c1-15(24(31)30-8-5-25(6-9-30)13-32-14-25)33-17-2-3-18-19(4-7-29-22(18)12-17)23-20(26)10-16(28)11-21(23)27/h2-4,7,10-12,15H,5-6,8-9,13-14H2,1H3. The summed E-state index contributed by atoms with van der Waals surface area (Å²) < 4.78 is 25.0. The number of ether oxygens (including phenoxy) is 2. The predicted octanol–water partition coefficient (Wildman–Crippen LogP) is 5.75. The predicted molar refractivity (Wildman–Crippen MR) is 126 cm³/mol. The maximum absolute atomic E-state index is 13.6. The number of nitrogens with zero attached hydrogens (tertiary/aromatic N) is 2. The van der Waals surface area contributed by atoms with Crippen molar-refractivity contribution in [1.82, 2.24) is 9.88 Å². The Balaban J connectivity index is 1.34. The van der Waals surface area contributed by atoms with Crippen molar-refractivity contribution in [3.05, 3.63) is 58.5 Å². The number of carbonyl (C=O) groups is 1. The van der Waals surface area contributed by atoms with E-state index in [1.807, 2.05) is 11.0 Å². The van der Waals surface area contributed by atoms with Crippen molar-refractivity contribution < 1.29 is 18.7 Å². The van der Waals surface area contributed by atoms with E-state index >= 15 is 0 Å². The molecule has 2 aromatic carbocycles. The topological polar surface area (TPSA) is 51.7 Å². The minimum Gasteiger partial charge on any atom is -0.481 e. The quantitative estimate of drug-likeness (QED) is 0.468. The minimum atomic E-state index is -0.613. The number of rotatable bonds is 4. The van der Waals surface area contributed by atoms with E-state index in [-0.39, 0.29) is 21.4 Å². The molecule has 1 atom stereocenters. The minimum absolute atomic E-state index is 0.0169. The molecule has 0 aliphatic carbocycles. The number of fused-ring (bicyclic) bond motifs is 1. The molecule has 3 heterocycles. The van der Waals surface area contributed by atoms with Gasteiger partial charge in [-0.1, -0.05) is 23.2 Å². The first-order valence-electron chi connectivity index (χ1n) is 10.9. The van der Waals surface area contributed by atoms with Crippen molar-refractivity contribution in [2.24, 2.45) is 5.41 Å². The fourth-order valence-electron chi connectivity index (χ4n) is 4.61. The van der Waals surface area contributed by atoms with Crippen molar-refractivity contribution in [3.63, 3.8) is 0 Å². The summed E-state index contributed by atoms with van der Waals surface area (Å²) in [6.45, 7) is 4.85. The van der Waals surface area contributed by atoms with Crippen molar-refractivity contribution in [2.75, 3.05) is 26.3 Å². The second-order valence-electron chi connectivity index (χ2n) is 8.86.